The number of carbonyl (C=O) groups is 1. The number of rotatable bonds is 1. The Bertz CT molecular complexity index is 995. The molecule has 1 aliphatic carbocycles. The van der Waals surface area contributed by atoms with Crippen LogP contribution in [0, 0.1) is 23.7 Å². The van der Waals surface area contributed by atoms with Crippen LogP contribution < -0.4 is 0 Å². The summed E-state index contributed by atoms with van der Waals surface area (Å²) in [6.45, 7) is 32.4. The molecule has 184 valence electrons. The predicted octanol–water partition coefficient (Wildman–Crippen LogP) is 8.68. The maximum absolute atomic E-state index is 13.8. The number of phenols is 1. The molecule has 2 nitrogen and oxygen atoms in total. The van der Waals surface area contributed by atoms with Gasteiger partial charge >= 0.3 is 0 Å². The van der Waals surface area contributed by atoms with Gasteiger partial charge in [0.2, 0.25) is 0 Å². The second kappa shape index (κ2) is 8.14. The van der Waals surface area contributed by atoms with E-state index in [2.05, 4.69) is 103 Å². The van der Waals surface area contributed by atoms with Gasteiger partial charge < -0.3 is 5.11 Å². The molecule has 0 heterocycles. The zero-order valence-electron chi connectivity index (χ0n) is 24.0. The molecule has 2 rings (SSSR count). The highest BCUT2D eigenvalue weighted by molar-refractivity contribution is 6.16. The SMILES string of the molecule is CC1=C(C)C(C(C)(C)C)C(c2c(C)c(C(C)(C)C)cc(C(C)(C)C)c2O)=C(C(C)(C)C)C1=O. The third-order valence-corrected chi connectivity index (χ3v) is 7.21. The Hall–Kier alpha value is -1.83. The average Bonchev–Trinajstić information content (AvgIpc) is 2.55. The van der Waals surface area contributed by atoms with Crippen molar-refractivity contribution in [3.05, 3.63) is 45.0 Å². The van der Waals surface area contributed by atoms with E-state index < -0.39 is 0 Å². The van der Waals surface area contributed by atoms with Crippen molar-refractivity contribution in [1.82, 2.24) is 0 Å². The number of hydrogen-bond donors (Lipinski definition) is 1. The molecule has 1 aromatic carbocycles. The van der Waals surface area contributed by atoms with Crippen molar-refractivity contribution in [1.29, 1.82) is 0 Å². The number of Topliss-reactive ketones (excluding diaryl/α,β-unsaturated/α-hetero) is 1. The molecule has 0 fully saturated rings. The molecule has 0 saturated heterocycles. The van der Waals surface area contributed by atoms with Gasteiger partial charge in [0.05, 0.1) is 0 Å². The lowest BCUT2D eigenvalue weighted by Crippen LogP contribution is -2.34. The number of carbonyl (C=O) groups excluding carboxylic acids is 1. The molecule has 0 aromatic heterocycles. The first kappa shape index (κ1) is 27.4. The standard InChI is InChI=1S/C31H48O2/c1-17-18(2)26(32)25(31(13,14)15)23(24(17)30(10,11)12)22-19(3)20(28(4,5)6)16-21(27(22)33)29(7,8)9/h16,24,33H,1-15H3. The van der Waals surface area contributed by atoms with Gasteiger partial charge in [0.1, 0.15) is 5.75 Å². The van der Waals surface area contributed by atoms with E-state index in [1.54, 1.807) is 0 Å². The molecule has 1 aliphatic rings. The van der Waals surface area contributed by atoms with E-state index in [4.69, 9.17) is 0 Å². The third kappa shape index (κ3) is 4.86. The fourth-order valence-corrected chi connectivity index (χ4v) is 5.61. The smallest absolute Gasteiger partial charge is 0.185 e. The summed E-state index contributed by atoms with van der Waals surface area (Å²) >= 11 is 0. The van der Waals surface area contributed by atoms with Crippen LogP contribution in [0.3, 0.4) is 0 Å². The van der Waals surface area contributed by atoms with Crippen molar-refractivity contribution < 1.29 is 9.90 Å². The first-order valence-corrected chi connectivity index (χ1v) is 12.4. The summed E-state index contributed by atoms with van der Waals surface area (Å²) in [7, 11) is 0. The van der Waals surface area contributed by atoms with Gasteiger partial charge in [-0.3, -0.25) is 4.79 Å². The van der Waals surface area contributed by atoms with Gasteiger partial charge in [0, 0.05) is 22.6 Å². The Labute approximate surface area is 203 Å². The highest BCUT2D eigenvalue weighted by Gasteiger charge is 2.44. The van der Waals surface area contributed by atoms with Crippen LogP contribution in [0.15, 0.2) is 22.8 Å². The van der Waals surface area contributed by atoms with Crippen LogP contribution in [0.1, 0.15) is 119 Å². The van der Waals surface area contributed by atoms with Gasteiger partial charge in [0.15, 0.2) is 5.78 Å². The summed E-state index contributed by atoms with van der Waals surface area (Å²) in [6, 6.07) is 2.19. The molecule has 0 radical (unpaired) electrons. The van der Waals surface area contributed by atoms with E-state index in [0.717, 1.165) is 39.0 Å². The number of aromatic hydroxyl groups is 1. The lowest BCUT2D eigenvalue weighted by molar-refractivity contribution is -0.113. The van der Waals surface area contributed by atoms with E-state index in [1.807, 2.05) is 6.92 Å². The van der Waals surface area contributed by atoms with Gasteiger partial charge in [-0.15, -0.1) is 0 Å². The van der Waals surface area contributed by atoms with Crippen molar-refractivity contribution in [2.24, 2.45) is 16.7 Å². The molecule has 1 atom stereocenters. The summed E-state index contributed by atoms with van der Waals surface area (Å²) in [5, 5.41) is 11.9. The zero-order chi connectivity index (χ0) is 26.1. The highest BCUT2D eigenvalue weighted by atomic mass is 16.3. The molecule has 1 unspecified atom stereocenters. The largest absolute Gasteiger partial charge is 0.507 e. The molecule has 0 spiro atoms. The molecule has 2 heteroatoms. The minimum Gasteiger partial charge on any atom is -0.507 e. The molecule has 1 aromatic rings. The summed E-state index contributed by atoms with van der Waals surface area (Å²) in [6.07, 6.45) is 0. The summed E-state index contributed by atoms with van der Waals surface area (Å²) < 4.78 is 0. The molecule has 1 N–H and O–H groups in total. The minimum absolute atomic E-state index is 0.0389. The lowest BCUT2D eigenvalue weighted by Gasteiger charge is -2.43. The van der Waals surface area contributed by atoms with Gasteiger partial charge in [0.25, 0.3) is 0 Å². The Balaban J connectivity index is 3.27. The van der Waals surface area contributed by atoms with Crippen LogP contribution in [-0.4, -0.2) is 10.9 Å². The average molecular weight is 453 g/mol. The van der Waals surface area contributed by atoms with Gasteiger partial charge in [-0.25, -0.2) is 0 Å². The van der Waals surface area contributed by atoms with Crippen molar-refractivity contribution >= 4 is 11.4 Å². The van der Waals surface area contributed by atoms with Crippen LogP contribution >= 0.6 is 0 Å². The van der Waals surface area contributed by atoms with Gasteiger partial charge in [-0.05, 0) is 64.7 Å². The Morgan fingerprint density at radius 3 is 1.55 bits per heavy atom. The van der Waals surface area contributed by atoms with E-state index in [-0.39, 0.29) is 33.4 Å². The number of allylic oxidation sites excluding steroid dienone is 4. The normalized spacial score (nSPS) is 19.0. The Morgan fingerprint density at radius 2 is 1.18 bits per heavy atom. The topological polar surface area (TPSA) is 37.3 Å². The quantitative estimate of drug-likeness (QED) is 0.463. The van der Waals surface area contributed by atoms with Crippen LogP contribution in [0.25, 0.3) is 5.57 Å². The number of benzene rings is 1. The molecule has 0 aliphatic heterocycles. The molecular weight excluding hydrogens is 404 g/mol. The second-order valence-corrected chi connectivity index (χ2v) is 14.3. The van der Waals surface area contributed by atoms with E-state index in [9.17, 15) is 9.90 Å². The molecule has 0 bridgehead atoms. The van der Waals surface area contributed by atoms with Crippen molar-refractivity contribution in [3.8, 4) is 5.75 Å². The number of hydrogen-bond acceptors (Lipinski definition) is 2. The molecule has 33 heavy (non-hydrogen) atoms. The first-order valence-electron chi connectivity index (χ1n) is 12.4. The third-order valence-electron chi connectivity index (χ3n) is 7.21. The maximum Gasteiger partial charge on any atom is 0.185 e. The Morgan fingerprint density at radius 1 is 0.727 bits per heavy atom. The zero-order valence-corrected chi connectivity index (χ0v) is 24.0. The summed E-state index contributed by atoms with van der Waals surface area (Å²) in [5.41, 5.74) is 7.17. The maximum atomic E-state index is 13.8. The fraction of sp³-hybridized carbons (Fsp3) is 0.645. The number of phenolic OH excluding ortho intramolecular Hbond substituents is 1. The van der Waals surface area contributed by atoms with Crippen molar-refractivity contribution in [3.63, 3.8) is 0 Å². The van der Waals surface area contributed by atoms with E-state index in [1.165, 1.54) is 5.56 Å². The molecule has 0 saturated carbocycles. The van der Waals surface area contributed by atoms with Crippen LogP contribution in [0.2, 0.25) is 0 Å². The first-order chi connectivity index (χ1) is 14.5. The number of ketones is 1. The van der Waals surface area contributed by atoms with E-state index >= 15 is 0 Å². The predicted molar refractivity (Wildman–Crippen MR) is 143 cm³/mol. The minimum atomic E-state index is -0.351. The fourth-order valence-electron chi connectivity index (χ4n) is 5.61. The Kier molecular flexibility index (Phi) is 6.76. The summed E-state index contributed by atoms with van der Waals surface area (Å²) in [4.78, 5) is 13.8. The van der Waals surface area contributed by atoms with Gasteiger partial charge in [-0.1, -0.05) is 94.7 Å². The van der Waals surface area contributed by atoms with Gasteiger partial charge in [-0.2, -0.15) is 0 Å². The van der Waals surface area contributed by atoms with Crippen LogP contribution in [-0.2, 0) is 15.6 Å². The van der Waals surface area contributed by atoms with Crippen molar-refractivity contribution in [2.75, 3.05) is 0 Å². The second-order valence-electron chi connectivity index (χ2n) is 14.3. The highest BCUT2D eigenvalue weighted by Crippen LogP contribution is 2.55. The van der Waals surface area contributed by atoms with Crippen LogP contribution in [0.4, 0.5) is 0 Å². The van der Waals surface area contributed by atoms with Crippen molar-refractivity contribution in [2.45, 2.75) is 115 Å². The molecule has 0 amide bonds. The van der Waals surface area contributed by atoms with Crippen LogP contribution in [0.5, 0.6) is 5.75 Å². The van der Waals surface area contributed by atoms with E-state index in [0.29, 0.717) is 5.75 Å². The summed E-state index contributed by atoms with van der Waals surface area (Å²) in [5.74, 6) is 0.490. The monoisotopic (exact) mass is 452 g/mol. The lowest BCUT2D eigenvalue weighted by atomic mass is 9.60. The molecular formula is C31H48O2.